The summed E-state index contributed by atoms with van der Waals surface area (Å²) in [5.74, 6) is -0.229. The molecule has 0 unspecified atom stereocenters. The second-order valence-corrected chi connectivity index (χ2v) is 12.2. The summed E-state index contributed by atoms with van der Waals surface area (Å²) < 4.78 is 23.6. The molecule has 1 aromatic rings. The van der Waals surface area contributed by atoms with E-state index >= 15 is 0 Å². The van der Waals surface area contributed by atoms with Crippen LogP contribution in [-0.2, 0) is 29.2 Å². The van der Waals surface area contributed by atoms with Gasteiger partial charge in [-0.25, -0.2) is 0 Å². The summed E-state index contributed by atoms with van der Waals surface area (Å²) in [4.78, 5) is 13.2. The predicted octanol–water partition coefficient (Wildman–Crippen LogP) is 6.91. The Morgan fingerprint density at radius 2 is 1.31 bits per heavy atom. The Morgan fingerprint density at radius 1 is 0.897 bits per heavy atom. The maximum absolute atomic E-state index is 13.2. The van der Waals surface area contributed by atoms with Crippen LogP contribution >= 0.6 is 7.60 Å². The second kappa shape index (κ2) is 9.29. The molecule has 0 aromatic heterocycles. The van der Waals surface area contributed by atoms with Crippen LogP contribution in [0.5, 0.6) is 0 Å². The van der Waals surface area contributed by atoms with Crippen LogP contribution in [0.3, 0.4) is 0 Å². The Hall–Kier alpha value is -1.22. The highest BCUT2D eigenvalue weighted by molar-refractivity contribution is 7.56. The van der Waals surface area contributed by atoms with E-state index in [2.05, 4.69) is 59.7 Å². The molecule has 0 saturated heterocycles. The van der Waals surface area contributed by atoms with Gasteiger partial charge in [-0.2, -0.15) is 0 Å². The fourth-order valence-corrected chi connectivity index (χ4v) is 5.45. The molecule has 0 fully saturated rings. The minimum absolute atomic E-state index is 0.00768. The first-order chi connectivity index (χ1) is 13.2. The van der Waals surface area contributed by atoms with Crippen molar-refractivity contribution in [1.82, 2.24) is 0 Å². The normalized spacial score (nSPS) is 13.9. The van der Waals surface area contributed by atoms with Gasteiger partial charge in [-0.15, -0.1) is 0 Å². The van der Waals surface area contributed by atoms with Gasteiger partial charge in [0.05, 0.1) is 0 Å². The zero-order valence-electron chi connectivity index (χ0n) is 19.9. The molecule has 0 heterocycles. The van der Waals surface area contributed by atoms with E-state index in [1.54, 1.807) is 0 Å². The average molecular weight is 423 g/mol. The minimum Gasteiger partial charge on any atom is -0.311 e. The molecule has 0 amide bonds. The number of carbonyl (C=O) groups is 1. The van der Waals surface area contributed by atoms with Crippen LogP contribution in [0.2, 0.25) is 0 Å². The van der Waals surface area contributed by atoms with Crippen molar-refractivity contribution in [3.8, 4) is 0 Å². The van der Waals surface area contributed by atoms with Gasteiger partial charge in [0.15, 0.2) is 5.78 Å². The lowest BCUT2D eigenvalue weighted by Gasteiger charge is -2.34. The molecule has 0 saturated carbocycles. The monoisotopic (exact) mass is 422 g/mol. The lowest BCUT2D eigenvalue weighted by Crippen LogP contribution is -2.37. The lowest BCUT2D eigenvalue weighted by molar-refractivity contribution is -0.117. The van der Waals surface area contributed by atoms with Crippen LogP contribution in [0.4, 0.5) is 0 Å². The summed E-state index contributed by atoms with van der Waals surface area (Å²) in [6.07, 6.45) is 4.11. The third kappa shape index (κ3) is 5.48. The Bertz CT molecular complexity index is 750. The van der Waals surface area contributed by atoms with Crippen LogP contribution in [0.25, 0.3) is 6.08 Å². The van der Waals surface area contributed by atoms with Crippen LogP contribution < -0.4 is 0 Å². The van der Waals surface area contributed by atoms with Crippen LogP contribution in [0, 0.1) is 0 Å². The van der Waals surface area contributed by atoms with E-state index in [4.69, 9.17) is 9.05 Å². The molecule has 4 nitrogen and oxygen atoms in total. The first-order valence-electron chi connectivity index (χ1n) is 10.3. The van der Waals surface area contributed by atoms with Crippen molar-refractivity contribution in [2.75, 3.05) is 14.2 Å². The average Bonchev–Trinajstić information content (AvgIpc) is 2.65. The van der Waals surface area contributed by atoms with Crippen LogP contribution in [0.15, 0.2) is 24.3 Å². The quantitative estimate of drug-likeness (QED) is 0.337. The van der Waals surface area contributed by atoms with E-state index in [-0.39, 0.29) is 16.6 Å². The number of rotatable bonds is 8. The third-order valence-corrected chi connectivity index (χ3v) is 8.61. The highest BCUT2D eigenvalue weighted by atomic mass is 31.2. The maximum atomic E-state index is 13.2. The first kappa shape index (κ1) is 25.8. The van der Waals surface area contributed by atoms with Gasteiger partial charge in [0, 0.05) is 14.2 Å². The summed E-state index contributed by atoms with van der Waals surface area (Å²) in [7, 11) is -0.899. The van der Waals surface area contributed by atoms with Gasteiger partial charge in [0.1, 0.15) is 5.16 Å². The van der Waals surface area contributed by atoms with Gasteiger partial charge in [0.25, 0.3) is 0 Å². The minimum atomic E-state index is -3.57. The molecular weight excluding hydrogens is 383 g/mol. The third-order valence-electron chi connectivity index (χ3n) is 5.75. The summed E-state index contributed by atoms with van der Waals surface area (Å²) in [5, 5.41) is -1.18. The SMILES string of the molecule is CCC(CC)(C(=O)/C=C/c1cc(C(C)(C)C)cc(C(C)(C)C)c1)P(=O)(OC)OC. The largest absolute Gasteiger partial charge is 0.343 e. The van der Waals surface area contributed by atoms with E-state index in [9.17, 15) is 9.36 Å². The van der Waals surface area contributed by atoms with Gasteiger partial charge in [-0.05, 0) is 46.4 Å². The van der Waals surface area contributed by atoms with Crippen molar-refractivity contribution in [3.05, 3.63) is 41.0 Å². The molecule has 164 valence electrons. The fraction of sp³-hybridized carbons (Fsp3) is 0.625. The Kier molecular flexibility index (Phi) is 8.27. The van der Waals surface area contributed by atoms with Crippen molar-refractivity contribution >= 4 is 19.5 Å². The van der Waals surface area contributed by atoms with Crippen LogP contribution in [-0.4, -0.2) is 25.2 Å². The van der Waals surface area contributed by atoms with Crippen molar-refractivity contribution < 1.29 is 18.4 Å². The first-order valence-corrected chi connectivity index (χ1v) is 11.8. The molecule has 0 spiro atoms. The van der Waals surface area contributed by atoms with E-state index in [1.807, 2.05) is 19.9 Å². The number of hydrogen-bond acceptors (Lipinski definition) is 4. The van der Waals surface area contributed by atoms with E-state index in [0.29, 0.717) is 12.8 Å². The Morgan fingerprint density at radius 3 is 1.62 bits per heavy atom. The van der Waals surface area contributed by atoms with Gasteiger partial charge in [-0.1, -0.05) is 79.7 Å². The van der Waals surface area contributed by atoms with Crippen molar-refractivity contribution in [3.63, 3.8) is 0 Å². The molecule has 29 heavy (non-hydrogen) atoms. The zero-order chi connectivity index (χ0) is 22.7. The molecular formula is C24H39O4P. The van der Waals surface area contributed by atoms with Gasteiger partial charge in [-0.3, -0.25) is 9.36 Å². The Balaban J connectivity index is 3.48. The summed E-state index contributed by atoms with van der Waals surface area (Å²) >= 11 is 0. The van der Waals surface area contributed by atoms with Crippen molar-refractivity contribution in [2.24, 2.45) is 0 Å². The van der Waals surface area contributed by atoms with Gasteiger partial charge < -0.3 is 9.05 Å². The topological polar surface area (TPSA) is 52.6 Å². The van der Waals surface area contributed by atoms with Gasteiger partial charge >= 0.3 is 7.60 Å². The van der Waals surface area contributed by atoms with Crippen molar-refractivity contribution in [1.29, 1.82) is 0 Å². The molecule has 0 radical (unpaired) electrons. The molecule has 5 heteroatoms. The number of benzene rings is 1. The van der Waals surface area contributed by atoms with E-state index < -0.39 is 12.8 Å². The van der Waals surface area contributed by atoms with E-state index in [1.165, 1.54) is 31.4 Å². The maximum Gasteiger partial charge on any atom is 0.343 e. The summed E-state index contributed by atoms with van der Waals surface area (Å²) in [5.41, 5.74) is 3.38. The standard InChI is InChI=1S/C24H39O4P/c1-11-24(12-2,29(26,27-9)28-10)21(25)14-13-18-15-19(22(3,4)5)17-20(16-18)23(6,7)8/h13-17H,11-12H2,1-10H3/b14-13+. The molecule has 1 aromatic carbocycles. The Labute approximate surface area is 177 Å². The molecule has 0 aliphatic carbocycles. The number of allylic oxidation sites excluding steroid dienone is 1. The predicted molar refractivity (Wildman–Crippen MR) is 123 cm³/mol. The fourth-order valence-electron chi connectivity index (χ4n) is 3.49. The number of ketones is 1. The molecule has 1 rings (SSSR count). The number of hydrogen-bond donors (Lipinski definition) is 0. The zero-order valence-corrected chi connectivity index (χ0v) is 20.8. The highest BCUT2D eigenvalue weighted by Crippen LogP contribution is 2.62. The molecule has 0 bridgehead atoms. The van der Waals surface area contributed by atoms with Crippen molar-refractivity contribution in [2.45, 2.75) is 84.2 Å². The molecule has 0 aliphatic rings. The molecule has 0 atom stereocenters. The lowest BCUT2D eigenvalue weighted by atomic mass is 9.79. The van der Waals surface area contributed by atoms with E-state index in [0.717, 1.165) is 5.56 Å². The summed E-state index contributed by atoms with van der Waals surface area (Å²) in [6.45, 7) is 16.8. The molecule has 0 aliphatic heterocycles. The number of carbonyl (C=O) groups excluding carboxylic acids is 1. The van der Waals surface area contributed by atoms with Crippen LogP contribution in [0.1, 0.15) is 84.9 Å². The smallest absolute Gasteiger partial charge is 0.311 e. The molecule has 0 N–H and O–H groups in total. The summed E-state index contributed by atoms with van der Waals surface area (Å²) in [6, 6.07) is 6.47. The van der Waals surface area contributed by atoms with Gasteiger partial charge in [0.2, 0.25) is 0 Å². The second-order valence-electron chi connectivity index (χ2n) is 9.64. The highest BCUT2D eigenvalue weighted by Gasteiger charge is 2.52.